The van der Waals surface area contributed by atoms with E-state index in [1.54, 1.807) is 30.0 Å². The number of carbonyl (C=O) groups excluding carboxylic acids is 1. The summed E-state index contributed by atoms with van der Waals surface area (Å²) >= 11 is 7.56. The molecule has 2 aliphatic rings. The lowest BCUT2D eigenvalue weighted by atomic mass is 9.82. The van der Waals surface area contributed by atoms with Gasteiger partial charge >= 0.3 is 10.1 Å². The van der Waals surface area contributed by atoms with E-state index in [1.165, 1.54) is 0 Å². The molecule has 6 nitrogen and oxygen atoms in total. The van der Waals surface area contributed by atoms with E-state index in [0.29, 0.717) is 22.7 Å². The van der Waals surface area contributed by atoms with Gasteiger partial charge in [-0.3, -0.25) is 19.2 Å². The maximum absolute atomic E-state index is 13.4. The predicted molar refractivity (Wildman–Crippen MR) is 128 cm³/mol. The largest absolute Gasteiger partial charge is 0.304 e. The molecule has 1 N–H and O–H groups in total. The number of nitrogens with zero attached hydrogens (tertiary/aromatic N) is 2. The van der Waals surface area contributed by atoms with Crippen LogP contribution in [-0.4, -0.2) is 35.2 Å². The van der Waals surface area contributed by atoms with Crippen LogP contribution in [-0.2, 0) is 21.5 Å². The number of halogens is 1. The average molecular weight is 495 g/mol. The summed E-state index contributed by atoms with van der Waals surface area (Å²) in [5, 5.41) is 0.373. The van der Waals surface area contributed by atoms with E-state index in [9.17, 15) is 17.8 Å². The Morgan fingerprint density at radius 3 is 2.53 bits per heavy atom. The van der Waals surface area contributed by atoms with Gasteiger partial charge in [0.05, 0.1) is 6.54 Å². The molecule has 4 rings (SSSR count). The van der Waals surface area contributed by atoms with Crippen LogP contribution in [0.4, 0.5) is 0 Å². The zero-order chi connectivity index (χ0) is 23.1. The van der Waals surface area contributed by atoms with Crippen molar-refractivity contribution in [3.8, 4) is 11.1 Å². The van der Waals surface area contributed by atoms with E-state index >= 15 is 0 Å². The van der Waals surface area contributed by atoms with Crippen LogP contribution in [0.5, 0.6) is 0 Å². The van der Waals surface area contributed by atoms with Gasteiger partial charge in [-0.1, -0.05) is 49.9 Å². The van der Waals surface area contributed by atoms with Gasteiger partial charge < -0.3 is 0 Å². The molecular formula is C23H27ClN2O4S2. The smallest absolute Gasteiger partial charge is 0.294 e. The van der Waals surface area contributed by atoms with Crippen molar-refractivity contribution in [2.45, 2.75) is 75.1 Å². The van der Waals surface area contributed by atoms with E-state index in [1.807, 2.05) is 6.07 Å². The molecule has 9 heteroatoms. The van der Waals surface area contributed by atoms with E-state index < -0.39 is 15.7 Å². The highest BCUT2D eigenvalue weighted by atomic mass is 35.5. The minimum atomic E-state index is -4.35. The lowest BCUT2D eigenvalue weighted by Crippen LogP contribution is -2.43. The fraction of sp³-hybridized carbons (Fsp3) is 0.478. The lowest BCUT2D eigenvalue weighted by molar-refractivity contribution is -0.132. The quantitative estimate of drug-likeness (QED) is 0.509. The number of rotatable bonds is 6. The van der Waals surface area contributed by atoms with E-state index in [0.717, 1.165) is 72.6 Å². The van der Waals surface area contributed by atoms with Crippen LogP contribution in [0.2, 0.25) is 5.02 Å². The molecule has 0 bridgehead atoms. The summed E-state index contributed by atoms with van der Waals surface area (Å²) in [5.74, 6) is 0.935. The van der Waals surface area contributed by atoms with Gasteiger partial charge in [0.15, 0.2) is 4.21 Å². The summed E-state index contributed by atoms with van der Waals surface area (Å²) in [6.45, 7) is 4.24. The van der Waals surface area contributed by atoms with Gasteiger partial charge in [-0.15, -0.1) is 11.3 Å². The fourth-order valence-electron chi connectivity index (χ4n) is 4.69. The number of amides is 1. The van der Waals surface area contributed by atoms with Gasteiger partial charge in [-0.25, -0.2) is 0 Å². The lowest BCUT2D eigenvalue weighted by Gasteiger charge is -2.29. The SMILES string of the molecule is CCCC1=NC2(CCCCC2)C(=O)N1Cc1ccc(-c2cc(C)sc2S(=O)(=O)O)c(Cl)c1. The molecule has 1 aliphatic heterocycles. The normalized spacial score (nSPS) is 18.4. The second kappa shape index (κ2) is 8.89. The summed E-state index contributed by atoms with van der Waals surface area (Å²) in [5.41, 5.74) is 1.18. The summed E-state index contributed by atoms with van der Waals surface area (Å²) in [6.07, 6.45) is 6.49. The maximum Gasteiger partial charge on any atom is 0.304 e. The molecule has 172 valence electrons. The first-order chi connectivity index (χ1) is 15.1. The zero-order valence-corrected chi connectivity index (χ0v) is 20.6. The minimum Gasteiger partial charge on any atom is -0.294 e. The second-order valence-electron chi connectivity index (χ2n) is 8.61. The molecule has 0 unspecified atom stereocenters. The van der Waals surface area contributed by atoms with Gasteiger partial charge in [-0.05, 0) is 43.9 Å². The van der Waals surface area contributed by atoms with E-state index in [4.69, 9.17) is 16.6 Å². The molecule has 0 atom stereocenters. The monoisotopic (exact) mass is 494 g/mol. The number of carbonyl (C=O) groups is 1. The van der Waals surface area contributed by atoms with Crippen molar-refractivity contribution < 1.29 is 17.8 Å². The highest BCUT2D eigenvalue weighted by molar-refractivity contribution is 7.88. The van der Waals surface area contributed by atoms with Crippen molar-refractivity contribution in [3.05, 3.63) is 39.7 Å². The van der Waals surface area contributed by atoms with E-state index in [2.05, 4.69) is 6.92 Å². The highest BCUT2D eigenvalue weighted by Gasteiger charge is 2.48. The third-order valence-corrected chi connectivity index (χ3v) is 8.90. The molecule has 2 heterocycles. The Bertz CT molecular complexity index is 1180. The Morgan fingerprint density at radius 2 is 1.91 bits per heavy atom. The molecule has 1 fully saturated rings. The molecule has 2 aromatic rings. The molecular weight excluding hydrogens is 468 g/mol. The summed E-state index contributed by atoms with van der Waals surface area (Å²) < 4.78 is 33.1. The van der Waals surface area contributed by atoms with Crippen LogP contribution >= 0.6 is 22.9 Å². The molecule has 0 saturated heterocycles. The van der Waals surface area contributed by atoms with Crippen molar-refractivity contribution in [1.29, 1.82) is 0 Å². The number of aryl methyl sites for hydroxylation is 1. The second-order valence-corrected chi connectivity index (χ2v) is 11.9. The first-order valence-corrected chi connectivity index (χ1v) is 13.6. The zero-order valence-electron chi connectivity index (χ0n) is 18.2. The Labute approximate surface area is 198 Å². The van der Waals surface area contributed by atoms with E-state index in [-0.39, 0.29) is 10.1 Å². The predicted octanol–water partition coefficient (Wildman–Crippen LogP) is 5.87. The highest BCUT2D eigenvalue weighted by Crippen LogP contribution is 2.40. The van der Waals surface area contributed by atoms with Gasteiger partial charge in [0, 0.05) is 27.4 Å². The van der Waals surface area contributed by atoms with Crippen molar-refractivity contribution >= 4 is 44.8 Å². The van der Waals surface area contributed by atoms with Gasteiger partial charge in [-0.2, -0.15) is 8.42 Å². The first kappa shape index (κ1) is 23.4. The Kier molecular flexibility index (Phi) is 6.51. The van der Waals surface area contributed by atoms with Crippen LogP contribution < -0.4 is 0 Å². The molecule has 1 aromatic carbocycles. The molecule has 1 amide bonds. The molecule has 1 aromatic heterocycles. The van der Waals surface area contributed by atoms with Crippen LogP contribution in [0, 0.1) is 6.92 Å². The Morgan fingerprint density at radius 1 is 1.19 bits per heavy atom. The third-order valence-electron chi connectivity index (χ3n) is 6.17. The van der Waals surface area contributed by atoms with Crippen molar-refractivity contribution in [2.24, 2.45) is 4.99 Å². The van der Waals surface area contributed by atoms with Crippen LogP contribution in [0.1, 0.15) is 62.3 Å². The molecule has 1 saturated carbocycles. The average Bonchev–Trinajstić information content (AvgIpc) is 3.23. The van der Waals surface area contributed by atoms with Crippen LogP contribution in [0.3, 0.4) is 0 Å². The number of amidine groups is 1. The van der Waals surface area contributed by atoms with Gasteiger partial charge in [0.25, 0.3) is 5.91 Å². The first-order valence-electron chi connectivity index (χ1n) is 10.9. The van der Waals surface area contributed by atoms with Crippen molar-refractivity contribution in [3.63, 3.8) is 0 Å². The Hall–Kier alpha value is -1.74. The van der Waals surface area contributed by atoms with Crippen LogP contribution in [0.25, 0.3) is 11.1 Å². The fourth-order valence-corrected chi connectivity index (χ4v) is 7.01. The number of hydrogen-bond acceptors (Lipinski definition) is 5. The maximum atomic E-state index is 13.4. The molecule has 1 spiro atoms. The van der Waals surface area contributed by atoms with Gasteiger partial charge in [0.1, 0.15) is 11.4 Å². The number of hydrogen-bond donors (Lipinski definition) is 1. The summed E-state index contributed by atoms with van der Waals surface area (Å²) in [4.78, 5) is 20.9. The van der Waals surface area contributed by atoms with Gasteiger partial charge in [0.2, 0.25) is 0 Å². The summed E-state index contributed by atoms with van der Waals surface area (Å²) in [6, 6.07) is 7.07. The molecule has 0 radical (unpaired) electrons. The minimum absolute atomic E-state index is 0.0861. The van der Waals surface area contributed by atoms with Crippen LogP contribution in [0.15, 0.2) is 33.5 Å². The number of benzene rings is 1. The van der Waals surface area contributed by atoms with Crippen molar-refractivity contribution in [2.75, 3.05) is 0 Å². The van der Waals surface area contributed by atoms with Crippen molar-refractivity contribution in [1.82, 2.24) is 4.90 Å². The number of thiophene rings is 1. The summed E-state index contributed by atoms with van der Waals surface area (Å²) in [7, 11) is -4.35. The Balaban J connectivity index is 1.63. The molecule has 1 aliphatic carbocycles. The third kappa shape index (κ3) is 4.38. The topological polar surface area (TPSA) is 87.0 Å². The standard InChI is InChI=1S/C23H27ClN2O4S2/c1-3-7-20-25-23(10-5-4-6-11-23)22(27)26(20)14-16-8-9-17(19(24)13-16)18-12-15(2)31-21(18)32(28,29)30/h8-9,12-13H,3-7,10-11,14H2,1-2H3,(H,28,29,30). The number of aliphatic imine (C=N–C) groups is 1. The molecule has 32 heavy (non-hydrogen) atoms.